The zero-order valence-electron chi connectivity index (χ0n) is 31.9. The normalized spacial score (nSPS) is 21.4. The van der Waals surface area contributed by atoms with Crippen molar-refractivity contribution in [3.63, 3.8) is 0 Å². The van der Waals surface area contributed by atoms with Crippen molar-refractivity contribution in [3.05, 3.63) is 208 Å². The number of anilines is 1. The van der Waals surface area contributed by atoms with Crippen LogP contribution in [0.5, 0.6) is 0 Å². The minimum atomic E-state index is -0.434. The van der Waals surface area contributed by atoms with Crippen LogP contribution < -0.4 is 10.6 Å². The van der Waals surface area contributed by atoms with Gasteiger partial charge in [-0.2, -0.15) is 0 Å². The highest BCUT2D eigenvalue weighted by atomic mass is 32.2. The van der Waals surface area contributed by atoms with E-state index in [-0.39, 0.29) is 0 Å². The van der Waals surface area contributed by atoms with Gasteiger partial charge >= 0.3 is 0 Å². The van der Waals surface area contributed by atoms with E-state index < -0.39 is 6.29 Å². The van der Waals surface area contributed by atoms with Gasteiger partial charge in [-0.3, -0.25) is 5.73 Å². The number of rotatable bonds is 8. The van der Waals surface area contributed by atoms with E-state index in [1.165, 1.54) is 55.6 Å². The fraction of sp³-hybridized carbons (Fsp3) is 0.192. The molecule has 5 aromatic rings. The predicted octanol–water partition coefficient (Wildman–Crippen LogP) is 12.6. The molecule has 3 nitrogen and oxygen atoms in total. The van der Waals surface area contributed by atoms with Crippen LogP contribution in [0, 0.1) is 5.92 Å². The molecule has 0 bridgehead atoms. The van der Waals surface area contributed by atoms with Crippen LogP contribution >= 0.6 is 11.8 Å². The first-order valence-corrected chi connectivity index (χ1v) is 21.0. The monoisotopic (exact) mass is 745 g/mol. The van der Waals surface area contributed by atoms with E-state index in [2.05, 4.69) is 193 Å². The summed E-state index contributed by atoms with van der Waals surface area (Å²) in [7, 11) is 2.13. The van der Waals surface area contributed by atoms with Crippen LogP contribution in [0.2, 0.25) is 0 Å². The van der Waals surface area contributed by atoms with E-state index in [0.717, 1.165) is 54.5 Å². The van der Waals surface area contributed by atoms with Gasteiger partial charge in [0, 0.05) is 46.5 Å². The summed E-state index contributed by atoms with van der Waals surface area (Å²) in [5.74, 6) is 0.785. The number of hydrogen-bond acceptors (Lipinski definition) is 3. The standard InChI is InChI=1S/C52H47N3S/c1-34(37-18-13-19-38(30-37)35-14-5-3-6-15-35)42-20-9-11-22-47(42)54(2)52(53)55-48-23-12-10-21-43(48)44-27-24-41(33-49(44)55)40-26-29-51-46(32-40)45-31-39(25-28-50(45)56-51)36-16-7-4-8-17-36/h3-9,11-14,16-20,22-25,27-28,30-33,35,45,50,52H,1,10,15,21,26,29,53H2,2H3/t35?,45-,50?,52?/m0/s1. The Labute approximate surface area is 335 Å². The first-order valence-electron chi connectivity index (χ1n) is 20.1. The lowest BCUT2D eigenvalue weighted by molar-refractivity contribution is 0.523. The Morgan fingerprint density at radius 1 is 0.857 bits per heavy atom. The first kappa shape index (κ1) is 34.9. The molecule has 56 heavy (non-hydrogen) atoms. The van der Waals surface area contributed by atoms with E-state index in [0.29, 0.717) is 17.1 Å². The van der Waals surface area contributed by atoms with Crippen molar-refractivity contribution in [2.75, 3.05) is 11.9 Å². The molecule has 0 spiro atoms. The molecule has 4 aromatic carbocycles. The molecular formula is C52H47N3S. The molecule has 4 aliphatic carbocycles. The largest absolute Gasteiger partial charge is 0.341 e. The van der Waals surface area contributed by atoms with Gasteiger partial charge in [0.05, 0.1) is 5.52 Å². The molecule has 4 heteroatoms. The summed E-state index contributed by atoms with van der Waals surface area (Å²) in [5, 5.41) is 1.78. The number of aryl methyl sites for hydroxylation is 1. The maximum Gasteiger partial charge on any atom is 0.159 e. The number of allylic oxidation sites excluding steroid dienone is 12. The molecule has 2 N–H and O–H groups in total. The van der Waals surface area contributed by atoms with Crippen LogP contribution in [0.3, 0.4) is 0 Å². The number of aromatic nitrogens is 1. The molecule has 4 atom stereocenters. The molecule has 2 heterocycles. The van der Waals surface area contributed by atoms with Gasteiger partial charge < -0.3 is 9.47 Å². The van der Waals surface area contributed by atoms with Crippen LogP contribution in [0.4, 0.5) is 5.69 Å². The molecule has 1 aromatic heterocycles. The maximum atomic E-state index is 7.44. The number of nitrogens with two attached hydrogens (primary N) is 1. The first-order chi connectivity index (χ1) is 27.5. The highest BCUT2D eigenvalue weighted by Gasteiger charge is 2.35. The van der Waals surface area contributed by atoms with Crippen molar-refractivity contribution in [1.29, 1.82) is 0 Å². The second-order valence-electron chi connectivity index (χ2n) is 15.7. The second kappa shape index (κ2) is 14.5. The van der Waals surface area contributed by atoms with Gasteiger partial charge in [-0.15, -0.1) is 11.8 Å². The quantitative estimate of drug-likeness (QED) is 0.161. The molecule has 0 saturated carbocycles. The van der Waals surface area contributed by atoms with Gasteiger partial charge in [0.25, 0.3) is 0 Å². The number of benzene rings is 4. The van der Waals surface area contributed by atoms with Gasteiger partial charge in [0.15, 0.2) is 6.29 Å². The fourth-order valence-electron chi connectivity index (χ4n) is 9.44. The topological polar surface area (TPSA) is 34.2 Å². The Balaban J connectivity index is 0.993. The number of para-hydroxylation sites is 1. The Hall–Kier alpha value is -5.55. The third-order valence-electron chi connectivity index (χ3n) is 12.5. The zero-order valence-corrected chi connectivity index (χ0v) is 32.8. The molecule has 0 amide bonds. The minimum absolute atomic E-state index is 0.385. The van der Waals surface area contributed by atoms with Crippen molar-refractivity contribution >= 4 is 51.1 Å². The summed E-state index contributed by atoms with van der Waals surface area (Å²) in [4.78, 5) is 3.79. The van der Waals surface area contributed by atoms with Crippen molar-refractivity contribution in [1.82, 2.24) is 4.57 Å². The molecule has 5 aliphatic rings. The third kappa shape index (κ3) is 6.13. The summed E-state index contributed by atoms with van der Waals surface area (Å²) in [6.45, 7) is 4.66. The molecule has 3 unspecified atom stereocenters. The highest BCUT2D eigenvalue weighted by molar-refractivity contribution is 8.04. The van der Waals surface area contributed by atoms with Gasteiger partial charge in [-0.05, 0) is 105 Å². The summed E-state index contributed by atoms with van der Waals surface area (Å²) >= 11 is 2.07. The summed E-state index contributed by atoms with van der Waals surface area (Å²) in [5.41, 5.74) is 23.7. The molecule has 0 saturated heterocycles. The second-order valence-corrected chi connectivity index (χ2v) is 17.0. The molecule has 10 rings (SSSR count). The minimum Gasteiger partial charge on any atom is -0.341 e. The summed E-state index contributed by atoms with van der Waals surface area (Å²) in [6, 6.07) is 35.4. The van der Waals surface area contributed by atoms with Gasteiger partial charge in [-0.1, -0.05) is 146 Å². The third-order valence-corrected chi connectivity index (χ3v) is 13.9. The number of nitrogens with zero attached hydrogens (tertiary/aromatic N) is 2. The van der Waals surface area contributed by atoms with Crippen molar-refractivity contribution < 1.29 is 0 Å². The van der Waals surface area contributed by atoms with E-state index in [1.54, 1.807) is 4.91 Å². The van der Waals surface area contributed by atoms with Gasteiger partial charge in [0.1, 0.15) is 0 Å². The van der Waals surface area contributed by atoms with Crippen LogP contribution in [-0.2, 0) is 6.42 Å². The van der Waals surface area contributed by atoms with Gasteiger partial charge in [0.2, 0.25) is 0 Å². The van der Waals surface area contributed by atoms with Crippen LogP contribution in [0.25, 0.3) is 33.7 Å². The Bertz CT molecular complexity index is 2610. The maximum absolute atomic E-state index is 7.44. The molecule has 276 valence electrons. The van der Waals surface area contributed by atoms with Gasteiger partial charge in [-0.25, -0.2) is 0 Å². The van der Waals surface area contributed by atoms with Crippen LogP contribution in [-0.4, -0.2) is 16.9 Å². The van der Waals surface area contributed by atoms with Crippen LogP contribution in [0.1, 0.15) is 77.0 Å². The SMILES string of the molecule is C=C(c1cccc(C2C=CC=CC2)c1)c1ccccc1N(C)C(N)n1c2c(c3ccc(C4=CC5=C(CC4)SC4C=CC(c6ccccc6)=C[C@@H]54)cc31)CCC=C2. The average molecular weight is 746 g/mol. The number of thioether (sulfide) groups is 1. The molecule has 0 fully saturated rings. The predicted molar refractivity (Wildman–Crippen MR) is 240 cm³/mol. The smallest absolute Gasteiger partial charge is 0.159 e. The Morgan fingerprint density at radius 2 is 1.73 bits per heavy atom. The van der Waals surface area contributed by atoms with Crippen molar-refractivity contribution in [2.45, 2.75) is 49.6 Å². The number of fused-ring (bicyclic) bond motifs is 5. The average Bonchev–Trinajstić information content (AvgIpc) is 3.81. The molecule has 1 aliphatic heterocycles. The van der Waals surface area contributed by atoms with E-state index in [1.807, 2.05) is 0 Å². The van der Waals surface area contributed by atoms with Crippen molar-refractivity contribution in [2.24, 2.45) is 11.7 Å². The molecule has 0 radical (unpaired) electrons. The van der Waals surface area contributed by atoms with Crippen molar-refractivity contribution in [3.8, 4) is 0 Å². The lowest BCUT2D eigenvalue weighted by Crippen LogP contribution is -2.37. The lowest BCUT2D eigenvalue weighted by atomic mass is 9.82. The van der Waals surface area contributed by atoms with E-state index >= 15 is 0 Å². The Morgan fingerprint density at radius 3 is 2.61 bits per heavy atom. The fourth-order valence-corrected chi connectivity index (χ4v) is 10.8. The Kier molecular flexibility index (Phi) is 9.04. The van der Waals surface area contributed by atoms with E-state index in [9.17, 15) is 0 Å². The van der Waals surface area contributed by atoms with Crippen LogP contribution in [0.15, 0.2) is 169 Å². The summed E-state index contributed by atoms with van der Waals surface area (Å²) in [6.07, 6.45) is 28.0. The lowest BCUT2D eigenvalue weighted by Gasteiger charge is -2.32. The van der Waals surface area contributed by atoms with E-state index in [4.69, 9.17) is 5.73 Å². The zero-order chi connectivity index (χ0) is 37.8. The summed E-state index contributed by atoms with van der Waals surface area (Å²) < 4.78 is 2.38. The molecular weight excluding hydrogens is 699 g/mol. The number of hydrogen-bond donors (Lipinski definition) is 1. The highest BCUT2D eigenvalue weighted by Crippen LogP contribution is 2.52.